The molecule has 0 aromatic heterocycles. The number of carbonyl (C=O) groups is 1. The normalized spacial score (nSPS) is 27.7. The largest absolute Gasteiger partial charge is 0.511 e. The number of carbonyl (C=O) groups excluding carboxylic acids is 1. The van der Waals surface area contributed by atoms with Gasteiger partial charge in [0.05, 0.1) is 23.3 Å². The number of hydrogen-bond acceptors (Lipinski definition) is 5. The molecule has 4 N–H and O–H groups in total. The van der Waals surface area contributed by atoms with Crippen molar-refractivity contribution in [3.05, 3.63) is 11.3 Å². The Morgan fingerprint density at radius 1 is 1.08 bits per heavy atom. The van der Waals surface area contributed by atoms with Gasteiger partial charge in [-0.05, 0) is 31.1 Å². The first-order valence-corrected chi connectivity index (χ1v) is 9.41. The first kappa shape index (κ1) is 21.8. The lowest BCUT2D eigenvalue weighted by molar-refractivity contribution is -0.128. The van der Waals surface area contributed by atoms with Gasteiger partial charge in [0.1, 0.15) is 11.4 Å². The Hall–Kier alpha value is -1.20. The van der Waals surface area contributed by atoms with Gasteiger partial charge in [0.15, 0.2) is 5.78 Å². The summed E-state index contributed by atoms with van der Waals surface area (Å²) in [6, 6.07) is 0. The Morgan fingerprint density at radius 2 is 1.60 bits per heavy atom. The minimum atomic E-state index is -1.92. The Morgan fingerprint density at radius 3 is 2.04 bits per heavy atom. The van der Waals surface area contributed by atoms with Crippen molar-refractivity contribution in [2.24, 2.45) is 23.7 Å². The van der Waals surface area contributed by atoms with Crippen molar-refractivity contribution in [2.45, 2.75) is 78.9 Å². The maximum atomic E-state index is 12.9. The van der Waals surface area contributed by atoms with Crippen LogP contribution in [0.1, 0.15) is 67.2 Å². The first-order valence-electron chi connectivity index (χ1n) is 9.41. The lowest BCUT2D eigenvalue weighted by Crippen LogP contribution is -2.52. The summed E-state index contributed by atoms with van der Waals surface area (Å²) in [7, 11) is 0. The van der Waals surface area contributed by atoms with E-state index in [1.54, 1.807) is 13.8 Å². The fraction of sp³-hybridized carbons (Fsp3) is 0.800. The van der Waals surface area contributed by atoms with E-state index in [0.29, 0.717) is 37.5 Å². The van der Waals surface area contributed by atoms with Crippen molar-refractivity contribution in [2.75, 3.05) is 0 Å². The van der Waals surface area contributed by atoms with E-state index in [0.717, 1.165) is 0 Å². The number of rotatable bonds is 8. The van der Waals surface area contributed by atoms with Gasteiger partial charge in [0.2, 0.25) is 0 Å². The van der Waals surface area contributed by atoms with Crippen LogP contribution >= 0.6 is 0 Å². The van der Waals surface area contributed by atoms with Crippen LogP contribution in [0.25, 0.3) is 0 Å². The molecule has 0 bridgehead atoms. The zero-order chi connectivity index (χ0) is 19.5. The SMILES string of the molecule is CC(C)CC[C@@H]1C(=O)C(=C(O)C(C)C)C(=N)[C@@]1(O)[C@@H](O)CCC(C)C. The highest BCUT2D eigenvalue weighted by molar-refractivity contribution is 6.31. The van der Waals surface area contributed by atoms with Crippen LogP contribution in [0.15, 0.2) is 11.3 Å². The second kappa shape index (κ2) is 8.45. The molecule has 0 amide bonds. The highest BCUT2D eigenvalue weighted by atomic mass is 16.3. The molecular formula is C20H35NO4. The summed E-state index contributed by atoms with van der Waals surface area (Å²) in [5.74, 6) is -1.09. The molecule has 0 spiro atoms. The molecule has 1 rings (SSSR count). The molecule has 5 heteroatoms. The van der Waals surface area contributed by atoms with E-state index in [9.17, 15) is 20.1 Å². The highest BCUT2D eigenvalue weighted by Crippen LogP contribution is 2.42. The molecular weight excluding hydrogens is 318 g/mol. The van der Waals surface area contributed by atoms with Crippen LogP contribution in [-0.2, 0) is 4.79 Å². The predicted octanol–water partition coefficient (Wildman–Crippen LogP) is 3.64. The van der Waals surface area contributed by atoms with E-state index < -0.39 is 23.4 Å². The van der Waals surface area contributed by atoms with Gasteiger partial charge in [-0.25, -0.2) is 0 Å². The minimum Gasteiger partial charge on any atom is -0.511 e. The van der Waals surface area contributed by atoms with E-state index in [4.69, 9.17) is 5.41 Å². The monoisotopic (exact) mass is 353 g/mol. The van der Waals surface area contributed by atoms with Gasteiger partial charge >= 0.3 is 0 Å². The lowest BCUT2D eigenvalue weighted by atomic mass is 9.78. The molecule has 1 aliphatic rings. The van der Waals surface area contributed by atoms with E-state index in [1.807, 2.05) is 27.7 Å². The van der Waals surface area contributed by atoms with Crippen LogP contribution in [0.4, 0.5) is 0 Å². The van der Waals surface area contributed by atoms with Crippen LogP contribution in [0.5, 0.6) is 0 Å². The van der Waals surface area contributed by atoms with E-state index in [1.165, 1.54) is 0 Å². The molecule has 0 aliphatic heterocycles. The summed E-state index contributed by atoms with van der Waals surface area (Å²) < 4.78 is 0. The van der Waals surface area contributed by atoms with Crippen molar-refractivity contribution in [1.29, 1.82) is 5.41 Å². The number of aliphatic hydroxyl groups is 3. The van der Waals surface area contributed by atoms with Gasteiger partial charge in [-0.3, -0.25) is 4.79 Å². The van der Waals surface area contributed by atoms with Crippen molar-refractivity contribution in [3.63, 3.8) is 0 Å². The predicted molar refractivity (Wildman–Crippen MR) is 99.8 cm³/mol. The standard InChI is InChI=1S/C20H35NO4/c1-11(2)7-9-14-18(24)16(17(23)13(5)6)19(21)20(14,25)15(22)10-8-12(3)4/h11-15,21-23,25H,7-10H2,1-6H3/t14-,15+,20+/m1/s1. The third-order valence-electron chi connectivity index (χ3n) is 5.11. The average molecular weight is 354 g/mol. The molecule has 0 saturated heterocycles. The van der Waals surface area contributed by atoms with Gasteiger partial charge < -0.3 is 20.7 Å². The number of Topliss-reactive ketones (excluding diaryl/α,β-unsaturated/α-hetero) is 1. The van der Waals surface area contributed by atoms with Gasteiger partial charge in [0, 0.05) is 5.92 Å². The number of hydrogen-bond donors (Lipinski definition) is 4. The van der Waals surface area contributed by atoms with Crippen LogP contribution in [0.2, 0.25) is 0 Å². The van der Waals surface area contributed by atoms with Crippen LogP contribution < -0.4 is 0 Å². The maximum Gasteiger partial charge on any atom is 0.174 e. The molecule has 5 nitrogen and oxygen atoms in total. The molecule has 1 saturated carbocycles. The quantitative estimate of drug-likeness (QED) is 0.395. The molecule has 25 heavy (non-hydrogen) atoms. The molecule has 0 radical (unpaired) electrons. The average Bonchev–Trinajstić information content (AvgIpc) is 2.69. The van der Waals surface area contributed by atoms with Crippen LogP contribution in [-0.4, -0.2) is 38.5 Å². The molecule has 144 valence electrons. The number of ketones is 1. The summed E-state index contributed by atoms with van der Waals surface area (Å²) in [6.07, 6.45) is 0.914. The lowest BCUT2D eigenvalue weighted by Gasteiger charge is -2.34. The zero-order valence-corrected chi connectivity index (χ0v) is 16.5. The zero-order valence-electron chi connectivity index (χ0n) is 16.5. The third-order valence-corrected chi connectivity index (χ3v) is 5.11. The second-order valence-electron chi connectivity index (χ2n) is 8.49. The molecule has 0 unspecified atom stereocenters. The summed E-state index contributed by atoms with van der Waals surface area (Å²) >= 11 is 0. The molecule has 1 aliphatic carbocycles. The maximum absolute atomic E-state index is 12.9. The van der Waals surface area contributed by atoms with Gasteiger partial charge in [0.25, 0.3) is 0 Å². The Bertz CT molecular complexity index is 536. The molecule has 1 fully saturated rings. The molecule has 0 aromatic carbocycles. The van der Waals surface area contributed by atoms with Gasteiger partial charge in [-0.1, -0.05) is 48.0 Å². The molecule has 3 atom stereocenters. The summed E-state index contributed by atoms with van der Waals surface area (Å²) in [6.45, 7) is 11.6. The Labute approximate surface area is 151 Å². The Kier molecular flexibility index (Phi) is 7.39. The number of aliphatic hydroxyl groups excluding tert-OH is 2. The van der Waals surface area contributed by atoms with E-state index >= 15 is 0 Å². The third kappa shape index (κ3) is 4.50. The number of allylic oxidation sites excluding steroid dienone is 1. The summed E-state index contributed by atoms with van der Waals surface area (Å²) in [5.41, 5.74) is -2.34. The van der Waals surface area contributed by atoms with Crippen molar-refractivity contribution in [1.82, 2.24) is 0 Å². The minimum absolute atomic E-state index is 0.102. The van der Waals surface area contributed by atoms with Crippen molar-refractivity contribution < 1.29 is 20.1 Å². The summed E-state index contributed by atoms with van der Waals surface area (Å²) in [4.78, 5) is 12.9. The second-order valence-corrected chi connectivity index (χ2v) is 8.49. The topological polar surface area (TPSA) is 102 Å². The van der Waals surface area contributed by atoms with Gasteiger partial charge in [-0.15, -0.1) is 0 Å². The first-order chi connectivity index (χ1) is 11.4. The van der Waals surface area contributed by atoms with Gasteiger partial charge in [-0.2, -0.15) is 0 Å². The smallest absolute Gasteiger partial charge is 0.174 e. The van der Waals surface area contributed by atoms with Crippen LogP contribution in [0.3, 0.4) is 0 Å². The fourth-order valence-corrected chi connectivity index (χ4v) is 3.38. The van der Waals surface area contributed by atoms with Crippen LogP contribution in [0, 0.1) is 29.1 Å². The molecule has 0 aromatic rings. The summed E-state index contributed by atoms with van der Waals surface area (Å²) in [5, 5.41) is 40.6. The van der Waals surface area contributed by atoms with E-state index in [2.05, 4.69) is 0 Å². The highest BCUT2D eigenvalue weighted by Gasteiger charge is 2.58. The Balaban J connectivity index is 3.30. The van der Waals surface area contributed by atoms with Crippen molar-refractivity contribution >= 4 is 11.5 Å². The van der Waals surface area contributed by atoms with E-state index in [-0.39, 0.29) is 23.0 Å². The number of nitrogens with one attached hydrogen (secondary N) is 1. The van der Waals surface area contributed by atoms with Crippen molar-refractivity contribution in [3.8, 4) is 0 Å². The molecule has 0 heterocycles. The fourth-order valence-electron chi connectivity index (χ4n) is 3.38.